The van der Waals surface area contributed by atoms with Crippen molar-refractivity contribution in [3.8, 4) is 5.75 Å². The molecule has 2 aromatic rings. The molecule has 1 aliphatic heterocycles. The number of urea groups is 1. The summed E-state index contributed by atoms with van der Waals surface area (Å²) in [6.07, 6.45) is 1.07. The Hall–Kier alpha value is -2.64. The van der Waals surface area contributed by atoms with E-state index in [4.69, 9.17) is 9.84 Å². The van der Waals surface area contributed by atoms with Gasteiger partial charge in [0, 0.05) is 38.7 Å². The summed E-state index contributed by atoms with van der Waals surface area (Å²) in [5.74, 6) is 0.980. The monoisotopic (exact) mass is 443 g/mol. The smallest absolute Gasteiger partial charge is 0.317 e. The van der Waals surface area contributed by atoms with Crippen molar-refractivity contribution < 1.29 is 19.0 Å². The third-order valence-electron chi connectivity index (χ3n) is 5.75. The van der Waals surface area contributed by atoms with Crippen LogP contribution in [0.1, 0.15) is 24.5 Å². The first-order valence-corrected chi connectivity index (χ1v) is 11.2. The highest BCUT2D eigenvalue weighted by Crippen LogP contribution is 2.18. The number of ether oxygens (including phenoxy) is 1. The molecule has 1 fully saturated rings. The molecule has 174 valence electrons. The van der Waals surface area contributed by atoms with E-state index in [1.165, 1.54) is 12.1 Å². The highest BCUT2D eigenvalue weighted by atomic mass is 19.1. The number of hydrogen-bond donors (Lipinski definition) is 2. The van der Waals surface area contributed by atoms with Gasteiger partial charge in [-0.05, 0) is 61.3 Å². The molecule has 7 heteroatoms. The number of aliphatic hydroxyl groups excluding tert-OH is 1. The lowest BCUT2D eigenvalue weighted by atomic mass is 10.1. The van der Waals surface area contributed by atoms with Gasteiger partial charge in [-0.1, -0.05) is 31.2 Å². The number of carbonyl (C=O) groups excluding carboxylic acids is 1. The number of carbonyl (C=O) groups is 1. The third kappa shape index (κ3) is 7.50. The molecule has 1 aliphatic rings. The minimum atomic E-state index is -0.277. The molecule has 0 bridgehead atoms. The van der Waals surface area contributed by atoms with E-state index in [0.29, 0.717) is 32.2 Å². The van der Waals surface area contributed by atoms with E-state index in [2.05, 4.69) is 17.3 Å². The number of benzene rings is 2. The van der Waals surface area contributed by atoms with Crippen LogP contribution >= 0.6 is 0 Å². The Morgan fingerprint density at radius 3 is 2.53 bits per heavy atom. The van der Waals surface area contributed by atoms with Gasteiger partial charge in [0.15, 0.2) is 0 Å². The first-order chi connectivity index (χ1) is 15.4. The van der Waals surface area contributed by atoms with Gasteiger partial charge in [0.1, 0.15) is 11.6 Å². The van der Waals surface area contributed by atoms with E-state index in [1.54, 1.807) is 12.1 Å². The highest BCUT2D eigenvalue weighted by Gasteiger charge is 2.24. The fraction of sp³-hybridized carbons (Fsp3) is 0.480. The van der Waals surface area contributed by atoms with Gasteiger partial charge in [-0.25, -0.2) is 9.18 Å². The van der Waals surface area contributed by atoms with Crippen molar-refractivity contribution in [2.24, 2.45) is 11.8 Å². The predicted octanol–water partition coefficient (Wildman–Crippen LogP) is 3.50. The van der Waals surface area contributed by atoms with Crippen molar-refractivity contribution in [2.75, 3.05) is 39.9 Å². The number of likely N-dealkylation sites (tertiary alicyclic amines) is 1. The molecule has 32 heavy (non-hydrogen) atoms. The Balaban J connectivity index is 1.56. The molecule has 2 N–H and O–H groups in total. The number of nitrogens with one attached hydrogen (secondary N) is 1. The van der Waals surface area contributed by atoms with E-state index >= 15 is 0 Å². The predicted molar refractivity (Wildman–Crippen MR) is 123 cm³/mol. The normalized spacial score (nSPS) is 17.2. The van der Waals surface area contributed by atoms with E-state index in [0.717, 1.165) is 36.4 Å². The van der Waals surface area contributed by atoms with Gasteiger partial charge in [-0.15, -0.1) is 0 Å². The van der Waals surface area contributed by atoms with Crippen LogP contribution in [-0.2, 0) is 13.1 Å². The molecular formula is C25H34FN3O3. The fourth-order valence-electron chi connectivity index (χ4n) is 3.80. The van der Waals surface area contributed by atoms with E-state index < -0.39 is 0 Å². The van der Waals surface area contributed by atoms with Crippen LogP contribution in [0.25, 0.3) is 0 Å². The van der Waals surface area contributed by atoms with Crippen molar-refractivity contribution in [3.05, 3.63) is 65.5 Å². The van der Waals surface area contributed by atoms with Crippen LogP contribution in [0.4, 0.5) is 9.18 Å². The maximum atomic E-state index is 13.3. The average Bonchev–Trinajstić information content (AvgIpc) is 3.22. The molecular weight excluding hydrogens is 409 g/mol. The SMILES string of the molecule is C[C@H](CO)COc1ccc(CNC(=O)N(Cc2ccc(F)cc2)C[C@@H]2CCN(C)C2)cc1. The van der Waals surface area contributed by atoms with Crippen molar-refractivity contribution in [1.82, 2.24) is 15.1 Å². The van der Waals surface area contributed by atoms with E-state index in [9.17, 15) is 9.18 Å². The van der Waals surface area contributed by atoms with Crippen LogP contribution in [-0.4, -0.2) is 60.8 Å². The second-order valence-corrected chi connectivity index (χ2v) is 8.83. The maximum absolute atomic E-state index is 13.3. The summed E-state index contributed by atoms with van der Waals surface area (Å²) in [6, 6.07) is 13.8. The summed E-state index contributed by atoms with van der Waals surface area (Å²) in [6.45, 7) is 6.02. The molecule has 2 atom stereocenters. The van der Waals surface area contributed by atoms with Crippen LogP contribution in [0.5, 0.6) is 5.75 Å². The molecule has 2 amide bonds. The minimum Gasteiger partial charge on any atom is -0.493 e. The largest absolute Gasteiger partial charge is 0.493 e. The molecule has 0 saturated carbocycles. The Morgan fingerprint density at radius 2 is 1.91 bits per heavy atom. The van der Waals surface area contributed by atoms with E-state index in [1.807, 2.05) is 36.1 Å². The second-order valence-electron chi connectivity index (χ2n) is 8.83. The molecule has 2 aromatic carbocycles. The number of rotatable bonds is 10. The topological polar surface area (TPSA) is 65.0 Å². The third-order valence-corrected chi connectivity index (χ3v) is 5.75. The summed E-state index contributed by atoms with van der Waals surface area (Å²) in [4.78, 5) is 17.1. The van der Waals surface area contributed by atoms with Gasteiger partial charge in [0.05, 0.1) is 6.61 Å². The molecule has 0 unspecified atom stereocenters. The van der Waals surface area contributed by atoms with Crippen LogP contribution in [0.3, 0.4) is 0 Å². The van der Waals surface area contributed by atoms with Crippen LogP contribution in [0.2, 0.25) is 0 Å². The summed E-state index contributed by atoms with van der Waals surface area (Å²) in [7, 11) is 2.10. The van der Waals surface area contributed by atoms with Crippen molar-refractivity contribution in [2.45, 2.75) is 26.4 Å². The Bertz CT molecular complexity index is 845. The van der Waals surface area contributed by atoms with Gasteiger partial charge in [-0.3, -0.25) is 0 Å². The summed E-state index contributed by atoms with van der Waals surface area (Å²) >= 11 is 0. The number of nitrogens with zero attached hydrogens (tertiary/aromatic N) is 2. The average molecular weight is 444 g/mol. The van der Waals surface area contributed by atoms with Gasteiger partial charge < -0.3 is 25.0 Å². The lowest BCUT2D eigenvalue weighted by Gasteiger charge is -2.26. The fourth-order valence-corrected chi connectivity index (χ4v) is 3.80. The number of hydrogen-bond acceptors (Lipinski definition) is 4. The Labute approximate surface area is 190 Å². The van der Waals surface area contributed by atoms with Gasteiger partial charge >= 0.3 is 6.03 Å². The van der Waals surface area contributed by atoms with Crippen molar-refractivity contribution >= 4 is 6.03 Å². The standard InChI is InChI=1S/C25H34FN3O3/c1-19(17-30)18-32-24-9-5-20(6-10-24)13-27-25(31)29(16-22-11-12-28(2)14-22)15-21-3-7-23(26)8-4-21/h3-10,19,22,30H,11-18H2,1-2H3,(H,27,31)/t19-,22-/m1/s1. The van der Waals surface area contributed by atoms with Crippen LogP contribution < -0.4 is 10.1 Å². The van der Waals surface area contributed by atoms with E-state index in [-0.39, 0.29) is 24.4 Å². The summed E-state index contributed by atoms with van der Waals surface area (Å²) < 4.78 is 18.9. The lowest BCUT2D eigenvalue weighted by Crippen LogP contribution is -2.42. The maximum Gasteiger partial charge on any atom is 0.317 e. The highest BCUT2D eigenvalue weighted by molar-refractivity contribution is 5.74. The molecule has 6 nitrogen and oxygen atoms in total. The quantitative estimate of drug-likeness (QED) is 0.590. The molecule has 1 saturated heterocycles. The molecule has 0 aromatic heterocycles. The van der Waals surface area contributed by atoms with Gasteiger partial charge in [-0.2, -0.15) is 0 Å². The number of halogens is 1. The second kappa shape index (κ2) is 11.8. The minimum absolute atomic E-state index is 0.0840. The molecule has 0 radical (unpaired) electrons. The zero-order valence-corrected chi connectivity index (χ0v) is 19.0. The lowest BCUT2D eigenvalue weighted by molar-refractivity contribution is 0.174. The van der Waals surface area contributed by atoms with Gasteiger partial charge in [0.25, 0.3) is 0 Å². The summed E-state index contributed by atoms with van der Waals surface area (Å²) in [5.41, 5.74) is 1.88. The Kier molecular flexibility index (Phi) is 8.88. The van der Waals surface area contributed by atoms with Crippen molar-refractivity contribution in [1.29, 1.82) is 0 Å². The van der Waals surface area contributed by atoms with Crippen LogP contribution in [0, 0.1) is 17.7 Å². The zero-order valence-electron chi connectivity index (χ0n) is 19.0. The molecule has 0 spiro atoms. The van der Waals surface area contributed by atoms with Gasteiger partial charge in [0.2, 0.25) is 0 Å². The number of aliphatic hydroxyl groups is 1. The molecule has 1 heterocycles. The van der Waals surface area contributed by atoms with Crippen molar-refractivity contribution in [3.63, 3.8) is 0 Å². The first-order valence-electron chi connectivity index (χ1n) is 11.2. The first kappa shape index (κ1) is 24.0. The molecule has 0 aliphatic carbocycles. The summed E-state index contributed by atoms with van der Waals surface area (Å²) in [5, 5.41) is 12.1. The molecule has 3 rings (SSSR count). The Morgan fingerprint density at radius 1 is 1.22 bits per heavy atom. The zero-order chi connectivity index (χ0) is 22.9. The van der Waals surface area contributed by atoms with Crippen LogP contribution in [0.15, 0.2) is 48.5 Å². The number of amides is 2.